The van der Waals surface area contributed by atoms with Crippen LogP contribution in [0.1, 0.15) is 232 Å². The van der Waals surface area contributed by atoms with Gasteiger partial charge in [-0.3, -0.25) is 14.2 Å². The molecule has 0 rings (SSSR count). The van der Waals surface area contributed by atoms with Crippen LogP contribution >= 0.6 is 7.82 Å². The molecule has 86 heavy (non-hydrogen) atoms. The molecule has 0 N–H and O–H groups in total. The maximum atomic E-state index is 12.8. The first-order chi connectivity index (χ1) is 42.0. The molecule has 0 spiro atoms. The highest BCUT2D eigenvalue weighted by Crippen LogP contribution is 2.38. The summed E-state index contributed by atoms with van der Waals surface area (Å²) < 4.78 is 34.2. The Morgan fingerprint density at radius 1 is 0.360 bits per heavy atom. The number of rotatable bonds is 59. The molecule has 10 heteroatoms. The normalized spacial score (nSPS) is 14.3. The topological polar surface area (TPSA) is 111 Å². The minimum absolute atomic E-state index is 0.0470. The van der Waals surface area contributed by atoms with Crippen LogP contribution in [0.2, 0.25) is 0 Å². The van der Waals surface area contributed by atoms with Crippen molar-refractivity contribution in [3.63, 3.8) is 0 Å². The third-order valence-corrected chi connectivity index (χ3v) is 14.4. The van der Waals surface area contributed by atoms with E-state index >= 15 is 0 Å². The Kier molecular flexibility index (Phi) is 60.9. The van der Waals surface area contributed by atoms with Gasteiger partial charge in [0.05, 0.1) is 27.7 Å². The molecule has 0 aliphatic heterocycles. The molecule has 2 atom stereocenters. The van der Waals surface area contributed by atoms with Crippen LogP contribution in [-0.4, -0.2) is 70.0 Å². The van der Waals surface area contributed by atoms with Gasteiger partial charge in [-0.05, 0) is 135 Å². The lowest BCUT2D eigenvalue weighted by Gasteiger charge is -2.28. The van der Waals surface area contributed by atoms with Gasteiger partial charge in [-0.25, -0.2) is 0 Å². The quantitative estimate of drug-likeness (QED) is 0.0195. The predicted octanol–water partition coefficient (Wildman–Crippen LogP) is 21.3. The maximum Gasteiger partial charge on any atom is 0.306 e. The molecular weight excluding hydrogens is 1090 g/mol. The number of likely N-dealkylation sites (N-methyl/N-ethyl adjacent to an activating group) is 1. The van der Waals surface area contributed by atoms with Gasteiger partial charge >= 0.3 is 11.9 Å². The molecule has 0 aliphatic rings. The van der Waals surface area contributed by atoms with E-state index in [1.807, 2.05) is 21.1 Å². The number of carbonyl (C=O) groups excluding carboxylic acids is 2. The van der Waals surface area contributed by atoms with E-state index in [0.29, 0.717) is 23.9 Å². The van der Waals surface area contributed by atoms with E-state index in [-0.39, 0.29) is 26.1 Å². The molecule has 0 aromatic carbocycles. The van der Waals surface area contributed by atoms with Gasteiger partial charge in [0.25, 0.3) is 7.82 Å². The standard InChI is InChI=1S/C76H122NO8P/c1-6-8-10-12-14-16-18-20-22-24-26-28-30-32-34-36-37-38-39-41-42-44-46-48-50-52-54-56-58-60-62-64-66-68-75(78)82-72-74(73-84-86(80,81)83-71-70-77(3,4)5)85-76(79)69-67-65-63-61-59-57-55-53-51-49-47-45-43-40-35-33-31-29-27-25-23-21-19-17-15-13-11-9-7-2/h8-11,14-17,20-23,26-29,32-35,37-38,41-43,45,49,51,55,57,74H,6-7,12-13,18-19,24-25,30-31,36,39-40,44,46-48,50,52-54,56,58-73H2,1-5H3/b10-8-,11-9-,16-14-,17-15-,22-20-,23-21-,28-26-,29-27-,34-32-,35-33-,38-37-,42-41-,45-43-,51-49-,57-55-. The second-order valence-electron chi connectivity index (χ2n) is 22.7. The van der Waals surface area contributed by atoms with Crippen LogP contribution in [0.25, 0.3) is 0 Å². The minimum atomic E-state index is -4.66. The second-order valence-corrected chi connectivity index (χ2v) is 24.1. The Bertz CT molecular complexity index is 2100. The van der Waals surface area contributed by atoms with Crippen molar-refractivity contribution in [2.24, 2.45) is 0 Å². The molecule has 0 aromatic rings. The molecule has 0 aromatic heterocycles. The Hall–Kier alpha value is -4.89. The smallest absolute Gasteiger partial charge is 0.306 e. The van der Waals surface area contributed by atoms with Gasteiger partial charge in [-0.1, -0.05) is 267 Å². The Morgan fingerprint density at radius 2 is 0.628 bits per heavy atom. The number of unbranched alkanes of at least 4 members (excludes halogenated alkanes) is 15. The number of nitrogens with zero attached hydrogens (tertiary/aromatic N) is 1. The Morgan fingerprint density at radius 3 is 0.930 bits per heavy atom. The summed E-state index contributed by atoms with van der Waals surface area (Å²) >= 11 is 0. The molecule has 484 valence electrons. The lowest BCUT2D eigenvalue weighted by atomic mass is 10.0. The summed E-state index contributed by atoms with van der Waals surface area (Å²) in [5.41, 5.74) is 0. The van der Waals surface area contributed by atoms with Crippen molar-refractivity contribution in [1.29, 1.82) is 0 Å². The zero-order valence-corrected chi connectivity index (χ0v) is 55.8. The minimum Gasteiger partial charge on any atom is -0.756 e. The van der Waals surface area contributed by atoms with E-state index in [0.717, 1.165) is 148 Å². The van der Waals surface area contributed by atoms with Gasteiger partial charge < -0.3 is 27.9 Å². The van der Waals surface area contributed by atoms with Crippen LogP contribution in [0.15, 0.2) is 182 Å². The number of ether oxygens (including phenoxy) is 2. The summed E-state index contributed by atoms with van der Waals surface area (Å²) in [6.07, 6.45) is 99.5. The molecule has 0 radical (unpaired) electrons. The number of allylic oxidation sites excluding steroid dienone is 30. The number of hydrogen-bond acceptors (Lipinski definition) is 8. The fourth-order valence-electron chi connectivity index (χ4n) is 8.36. The van der Waals surface area contributed by atoms with E-state index in [9.17, 15) is 19.0 Å². The number of quaternary nitrogens is 1. The molecule has 9 nitrogen and oxygen atoms in total. The third-order valence-electron chi connectivity index (χ3n) is 13.4. The van der Waals surface area contributed by atoms with Crippen molar-refractivity contribution in [3.05, 3.63) is 182 Å². The molecule has 2 unspecified atom stereocenters. The second kappa shape index (κ2) is 64.6. The first kappa shape index (κ1) is 81.1. The Labute approximate surface area is 527 Å². The Balaban J connectivity index is 4.21. The van der Waals surface area contributed by atoms with Gasteiger partial charge in [0.1, 0.15) is 19.8 Å². The average molecular weight is 1210 g/mol. The van der Waals surface area contributed by atoms with Crippen LogP contribution in [0.4, 0.5) is 0 Å². The van der Waals surface area contributed by atoms with Crippen LogP contribution < -0.4 is 4.89 Å². The fourth-order valence-corrected chi connectivity index (χ4v) is 9.09. The van der Waals surface area contributed by atoms with E-state index in [1.54, 1.807) is 0 Å². The van der Waals surface area contributed by atoms with Crippen LogP contribution in [0, 0.1) is 0 Å². The van der Waals surface area contributed by atoms with Gasteiger partial charge in [0.15, 0.2) is 6.10 Å². The molecule has 0 fully saturated rings. The van der Waals surface area contributed by atoms with Crippen LogP contribution in [-0.2, 0) is 32.7 Å². The first-order valence-corrected chi connectivity index (χ1v) is 35.0. The average Bonchev–Trinajstić information content (AvgIpc) is 3.67. The van der Waals surface area contributed by atoms with Crippen molar-refractivity contribution in [1.82, 2.24) is 0 Å². The highest BCUT2D eigenvalue weighted by Gasteiger charge is 2.22. The van der Waals surface area contributed by atoms with Crippen molar-refractivity contribution in [2.45, 2.75) is 238 Å². The fraction of sp³-hybridized carbons (Fsp3) is 0.579. The zero-order chi connectivity index (χ0) is 62.6. The largest absolute Gasteiger partial charge is 0.756 e. The third kappa shape index (κ3) is 68.2. The van der Waals surface area contributed by atoms with Crippen molar-refractivity contribution >= 4 is 19.8 Å². The number of esters is 2. The molecular formula is C76H122NO8P. The lowest BCUT2D eigenvalue weighted by Crippen LogP contribution is -2.37. The van der Waals surface area contributed by atoms with Crippen molar-refractivity contribution in [3.8, 4) is 0 Å². The summed E-state index contributed by atoms with van der Waals surface area (Å²) in [7, 11) is 1.12. The van der Waals surface area contributed by atoms with Crippen molar-refractivity contribution in [2.75, 3.05) is 47.5 Å². The molecule has 0 heterocycles. The molecule has 0 saturated carbocycles. The van der Waals surface area contributed by atoms with E-state index in [4.69, 9.17) is 18.5 Å². The van der Waals surface area contributed by atoms with Crippen molar-refractivity contribution < 1.29 is 42.1 Å². The summed E-state index contributed by atoms with van der Waals surface area (Å²) in [5, 5.41) is 0. The predicted molar refractivity (Wildman–Crippen MR) is 369 cm³/mol. The summed E-state index contributed by atoms with van der Waals surface area (Å²) in [4.78, 5) is 38.0. The lowest BCUT2D eigenvalue weighted by molar-refractivity contribution is -0.870. The van der Waals surface area contributed by atoms with Gasteiger partial charge in [-0.2, -0.15) is 0 Å². The van der Waals surface area contributed by atoms with Crippen LogP contribution in [0.5, 0.6) is 0 Å². The summed E-state index contributed by atoms with van der Waals surface area (Å²) in [6.45, 7) is 3.96. The van der Waals surface area contributed by atoms with Gasteiger partial charge in [0.2, 0.25) is 0 Å². The molecule has 0 bridgehead atoms. The van der Waals surface area contributed by atoms with Gasteiger partial charge in [-0.15, -0.1) is 0 Å². The zero-order valence-electron chi connectivity index (χ0n) is 54.9. The number of phosphoric acid groups is 1. The van der Waals surface area contributed by atoms with E-state index < -0.39 is 32.5 Å². The summed E-state index contributed by atoms with van der Waals surface area (Å²) in [5.74, 6) is -0.879. The first-order valence-electron chi connectivity index (χ1n) is 33.5. The monoisotopic (exact) mass is 1210 g/mol. The number of hydrogen-bond donors (Lipinski definition) is 0. The van der Waals surface area contributed by atoms with Gasteiger partial charge in [0, 0.05) is 12.8 Å². The van der Waals surface area contributed by atoms with Crippen LogP contribution in [0.3, 0.4) is 0 Å². The molecule has 0 saturated heterocycles. The molecule has 0 aliphatic carbocycles. The van der Waals surface area contributed by atoms with E-state index in [1.165, 1.54) is 44.9 Å². The van der Waals surface area contributed by atoms with E-state index in [2.05, 4.69) is 196 Å². The summed E-state index contributed by atoms with van der Waals surface area (Å²) in [6, 6.07) is 0. The number of phosphoric ester groups is 1. The highest BCUT2D eigenvalue weighted by atomic mass is 31.2. The maximum absolute atomic E-state index is 12.8. The SMILES string of the molecule is CC/C=C\C/C=C\C/C=C\C/C=C\C/C=C\C/C=C\C/C=C\C/C=C\CCCCCCC(=O)OC(COC(=O)CCCCCCCCCCCCC/C=C\C/C=C\C/C=C\C/C=C\C/C=C\C/C=C\C/C=C\CC)COP(=O)([O-])OCC[N+](C)(C)C. The number of carbonyl (C=O) groups is 2. The molecule has 0 amide bonds. The highest BCUT2D eigenvalue weighted by molar-refractivity contribution is 7.45.